The predicted octanol–water partition coefficient (Wildman–Crippen LogP) is 2.79. The van der Waals surface area contributed by atoms with E-state index in [1.807, 2.05) is 35.4 Å². The second-order valence-electron chi connectivity index (χ2n) is 7.24. The average molecular weight is 351 g/mol. The Bertz CT molecular complexity index is 954. The third-order valence-electron chi connectivity index (χ3n) is 5.61. The number of aryl methyl sites for hydroxylation is 2. The van der Waals surface area contributed by atoms with Crippen molar-refractivity contribution < 1.29 is 4.79 Å². The van der Waals surface area contributed by atoms with Crippen LogP contribution in [-0.4, -0.2) is 43.0 Å². The quantitative estimate of drug-likeness (QED) is 0.729. The summed E-state index contributed by atoms with van der Waals surface area (Å²) in [5.41, 5.74) is 4.21. The van der Waals surface area contributed by atoms with Gasteiger partial charge < -0.3 is 14.0 Å². The van der Waals surface area contributed by atoms with Crippen molar-refractivity contribution in [2.45, 2.75) is 39.2 Å². The highest BCUT2D eigenvalue weighted by Gasteiger charge is 2.28. The van der Waals surface area contributed by atoms with Crippen LogP contribution in [0.5, 0.6) is 0 Å². The Kier molecular flexibility index (Phi) is 4.26. The van der Waals surface area contributed by atoms with Crippen molar-refractivity contribution in [3.8, 4) is 0 Å². The minimum atomic E-state index is 0.161. The van der Waals surface area contributed by atoms with E-state index in [1.54, 1.807) is 6.33 Å². The maximum absolute atomic E-state index is 12.8. The number of amides is 1. The largest absolute Gasteiger partial charge is 0.340 e. The second-order valence-corrected chi connectivity index (χ2v) is 7.24. The van der Waals surface area contributed by atoms with E-state index in [1.165, 1.54) is 0 Å². The number of hydrogen-bond donors (Lipinski definition) is 0. The van der Waals surface area contributed by atoms with Crippen LogP contribution in [0.3, 0.4) is 0 Å². The summed E-state index contributed by atoms with van der Waals surface area (Å²) in [6, 6.07) is 8.21. The number of aromatic nitrogens is 4. The van der Waals surface area contributed by atoms with Crippen molar-refractivity contribution in [1.82, 2.24) is 24.0 Å². The summed E-state index contributed by atoms with van der Waals surface area (Å²) in [5.74, 6) is 1.53. The number of rotatable bonds is 3. The van der Waals surface area contributed by atoms with E-state index < -0.39 is 0 Å². The zero-order chi connectivity index (χ0) is 18.3. The molecule has 1 saturated heterocycles. The molecule has 0 aliphatic carbocycles. The molecular weight excluding hydrogens is 326 g/mol. The Morgan fingerprint density at radius 3 is 2.81 bits per heavy atom. The predicted molar refractivity (Wildman–Crippen MR) is 101 cm³/mol. The number of carbonyl (C=O) groups is 1. The number of imidazole rings is 2. The van der Waals surface area contributed by atoms with Gasteiger partial charge in [-0.1, -0.05) is 12.1 Å². The molecule has 1 aliphatic heterocycles. The van der Waals surface area contributed by atoms with Gasteiger partial charge in [0, 0.05) is 31.7 Å². The lowest BCUT2D eigenvalue weighted by molar-refractivity contribution is -0.133. The molecule has 1 amide bonds. The van der Waals surface area contributed by atoms with Gasteiger partial charge in [0.25, 0.3) is 0 Å². The van der Waals surface area contributed by atoms with Gasteiger partial charge in [-0.25, -0.2) is 9.97 Å². The normalized spacial score (nSPS) is 17.8. The molecule has 0 unspecified atom stereocenters. The number of nitrogens with zero attached hydrogens (tertiary/aromatic N) is 5. The van der Waals surface area contributed by atoms with Crippen LogP contribution in [0.2, 0.25) is 0 Å². The van der Waals surface area contributed by atoms with Gasteiger partial charge >= 0.3 is 0 Å². The first-order chi connectivity index (χ1) is 12.5. The highest BCUT2D eigenvalue weighted by atomic mass is 16.2. The lowest BCUT2D eigenvalue weighted by Crippen LogP contribution is -2.41. The van der Waals surface area contributed by atoms with E-state index in [0.29, 0.717) is 6.54 Å². The lowest BCUT2D eigenvalue weighted by atomic mass is 9.97. The zero-order valence-corrected chi connectivity index (χ0v) is 15.6. The fraction of sp³-hybridized carbons (Fsp3) is 0.450. The number of benzene rings is 1. The molecule has 136 valence electrons. The molecule has 0 spiro atoms. The Labute approximate surface area is 153 Å². The van der Waals surface area contributed by atoms with Gasteiger partial charge in [-0.2, -0.15) is 0 Å². The maximum atomic E-state index is 12.8. The van der Waals surface area contributed by atoms with E-state index in [0.717, 1.165) is 54.2 Å². The first-order valence-corrected chi connectivity index (χ1v) is 9.22. The SMILES string of the molecule is Cc1ncn(CC(=O)N2CCC[C@@H](c3nc4ccccc4n3C)C2)c1C. The Hall–Kier alpha value is -2.63. The van der Waals surface area contributed by atoms with Crippen LogP contribution in [-0.2, 0) is 18.4 Å². The van der Waals surface area contributed by atoms with Crippen LogP contribution < -0.4 is 0 Å². The van der Waals surface area contributed by atoms with E-state index in [2.05, 4.69) is 28.7 Å². The average Bonchev–Trinajstić information content (AvgIpc) is 3.16. The van der Waals surface area contributed by atoms with Crippen LogP contribution in [0.25, 0.3) is 11.0 Å². The molecule has 1 fully saturated rings. The molecule has 1 aromatic carbocycles. The zero-order valence-electron chi connectivity index (χ0n) is 15.6. The van der Waals surface area contributed by atoms with Crippen LogP contribution in [0.1, 0.15) is 36.0 Å². The molecule has 6 heteroatoms. The number of hydrogen-bond acceptors (Lipinski definition) is 3. The Morgan fingerprint density at radius 1 is 1.27 bits per heavy atom. The molecular formula is C20H25N5O. The molecule has 6 nitrogen and oxygen atoms in total. The van der Waals surface area contributed by atoms with Gasteiger partial charge in [0.1, 0.15) is 12.4 Å². The number of para-hydroxylation sites is 2. The van der Waals surface area contributed by atoms with Crippen LogP contribution in [0.15, 0.2) is 30.6 Å². The van der Waals surface area contributed by atoms with Crippen molar-refractivity contribution in [1.29, 1.82) is 0 Å². The summed E-state index contributed by atoms with van der Waals surface area (Å²) in [6.45, 7) is 5.91. The number of piperidine rings is 1. The Balaban J connectivity index is 1.52. The number of fused-ring (bicyclic) bond motifs is 1. The van der Waals surface area contributed by atoms with Gasteiger partial charge in [0.15, 0.2) is 0 Å². The fourth-order valence-electron chi connectivity index (χ4n) is 3.89. The molecule has 3 heterocycles. The molecule has 2 aromatic heterocycles. The van der Waals surface area contributed by atoms with Gasteiger partial charge in [-0.15, -0.1) is 0 Å². The molecule has 0 radical (unpaired) electrons. The summed E-state index contributed by atoms with van der Waals surface area (Å²) in [5, 5.41) is 0. The van der Waals surface area contributed by atoms with E-state index in [-0.39, 0.29) is 11.8 Å². The summed E-state index contributed by atoms with van der Waals surface area (Å²) in [6.07, 6.45) is 3.85. The molecule has 1 aliphatic rings. The second kappa shape index (κ2) is 6.59. The molecule has 4 rings (SSSR count). The highest BCUT2D eigenvalue weighted by molar-refractivity contribution is 5.77. The third kappa shape index (κ3) is 2.89. The monoisotopic (exact) mass is 351 g/mol. The lowest BCUT2D eigenvalue weighted by Gasteiger charge is -2.32. The first-order valence-electron chi connectivity index (χ1n) is 9.22. The van der Waals surface area contributed by atoms with Crippen molar-refractivity contribution in [2.75, 3.05) is 13.1 Å². The van der Waals surface area contributed by atoms with Crippen molar-refractivity contribution in [2.24, 2.45) is 7.05 Å². The van der Waals surface area contributed by atoms with E-state index in [9.17, 15) is 4.79 Å². The Morgan fingerprint density at radius 2 is 2.08 bits per heavy atom. The van der Waals surface area contributed by atoms with Gasteiger partial charge in [-0.3, -0.25) is 4.79 Å². The maximum Gasteiger partial charge on any atom is 0.242 e. The molecule has 0 bridgehead atoms. The van der Waals surface area contributed by atoms with Crippen molar-refractivity contribution >= 4 is 16.9 Å². The molecule has 26 heavy (non-hydrogen) atoms. The van der Waals surface area contributed by atoms with Gasteiger partial charge in [0.2, 0.25) is 5.91 Å². The van der Waals surface area contributed by atoms with Crippen LogP contribution >= 0.6 is 0 Å². The summed E-state index contributed by atoms with van der Waals surface area (Å²) in [7, 11) is 2.07. The van der Waals surface area contributed by atoms with Gasteiger partial charge in [-0.05, 0) is 38.8 Å². The number of likely N-dealkylation sites (tertiary alicyclic amines) is 1. The summed E-state index contributed by atoms with van der Waals surface area (Å²) in [4.78, 5) is 23.9. The van der Waals surface area contributed by atoms with Gasteiger partial charge in [0.05, 0.1) is 23.1 Å². The van der Waals surface area contributed by atoms with E-state index in [4.69, 9.17) is 4.98 Å². The third-order valence-corrected chi connectivity index (χ3v) is 5.61. The first kappa shape index (κ1) is 16.8. The van der Waals surface area contributed by atoms with E-state index >= 15 is 0 Å². The molecule has 1 atom stereocenters. The minimum absolute atomic E-state index is 0.161. The topological polar surface area (TPSA) is 56.0 Å². The van der Waals surface area contributed by atoms with Crippen molar-refractivity contribution in [3.05, 3.63) is 47.8 Å². The fourth-order valence-corrected chi connectivity index (χ4v) is 3.89. The highest BCUT2D eigenvalue weighted by Crippen LogP contribution is 2.28. The number of carbonyl (C=O) groups excluding carboxylic acids is 1. The van der Waals surface area contributed by atoms with Crippen LogP contribution in [0, 0.1) is 13.8 Å². The van der Waals surface area contributed by atoms with Crippen LogP contribution in [0.4, 0.5) is 0 Å². The smallest absolute Gasteiger partial charge is 0.242 e. The van der Waals surface area contributed by atoms with Crippen molar-refractivity contribution in [3.63, 3.8) is 0 Å². The molecule has 0 N–H and O–H groups in total. The molecule has 3 aromatic rings. The minimum Gasteiger partial charge on any atom is -0.340 e. The standard InChI is InChI=1S/C20H25N5O/c1-14-15(2)25(13-21-14)12-19(26)24-10-6-7-16(11-24)20-22-17-8-4-5-9-18(17)23(20)3/h4-5,8-9,13,16H,6-7,10-12H2,1-3H3/t16-/m1/s1. The summed E-state index contributed by atoms with van der Waals surface area (Å²) < 4.78 is 4.12. The summed E-state index contributed by atoms with van der Waals surface area (Å²) >= 11 is 0. The molecule has 0 saturated carbocycles.